The van der Waals surface area contributed by atoms with Crippen LogP contribution in [0.15, 0.2) is 24.4 Å². The summed E-state index contributed by atoms with van der Waals surface area (Å²) in [5.41, 5.74) is 1.03. The number of halogens is 2. The molecule has 0 atom stereocenters. The SMILES string of the molecule is OCC(F)(F)CNC1CCN(Cc2ccccn2)CC1. The van der Waals surface area contributed by atoms with E-state index in [4.69, 9.17) is 5.11 Å². The van der Waals surface area contributed by atoms with Crippen LogP contribution >= 0.6 is 0 Å². The van der Waals surface area contributed by atoms with Crippen molar-refractivity contribution in [1.29, 1.82) is 0 Å². The van der Waals surface area contributed by atoms with Crippen molar-refractivity contribution in [1.82, 2.24) is 15.2 Å². The van der Waals surface area contributed by atoms with Crippen LogP contribution in [0.4, 0.5) is 8.78 Å². The minimum absolute atomic E-state index is 0.104. The van der Waals surface area contributed by atoms with E-state index in [9.17, 15) is 8.78 Å². The molecule has 0 unspecified atom stereocenters. The third-order valence-electron chi connectivity index (χ3n) is 3.58. The first kappa shape index (κ1) is 15.3. The number of alkyl halides is 2. The summed E-state index contributed by atoms with van der Waals surface area (Å²) in [6.45, 7) is 1.01. The zero-order valence-electron chi connectivity index (χ0n) is 11.4. The van der Waals surface area contributed by atoms with Crippen molar-refractivity contribution in [2.24, 2.45) is 0 Å². The molecule has 6 heteroatoms. The lowest BCUT2D eigenvalue weighted by Gasteiger charge is -2.32. The second-order valence-electron chi connectivity index (χ2n) is 5.27. The van der Waals surface area contributed by atoms with Gasteiger partial charge in [0.15, 0.2) is 0 Å². The van der Waals surface area contributed by atoms with Crippen molar-refractivity contribution in [3.8, 4) is 0 Å². The van der Waals surface area contributed by atoms with Crippen LogP contribution in [0.5, 0.6) is 0 Å². The van der Waals surface area contributed by atoms with Gasteiger partial charge in [0.2, 0.25) is 0 Å². The van der Waals surface area contributed by atoms with Gasteiger partial charge in [-0.05, 0) is 25.0 Å². The summed E-state index contributed by atoms with van der Waals surface area (Å²) in [5, 5.41) is 11.4. The Balaban J connectivity index is 1.70. The molecule has 0 bridgehead atoms. The van der Waals surface area contributed by atoms with Crippen molar-refractivity contribution in [2.75, 3.05) is 26.2 Å². The summed E-state index contributed by atoms with van der Waals surface area (Å²) in [4.78, 5) is 6.57. The second kappa shape index (κ2) is 7.06. The molecular formula is C14H21F2N3O. The fourth-order valence-corrected chi connectivity index (χ4v) is 2.37. The highest BCUT2D eigenvalue weighted by Gasteiger charge is 2.29. The third-order valence-corrected chi connectivity index (χ3v) is 3.58. The number of piperidine rings is 1. The maximum atomic E-state index is 12.9. The maximum absolute atomic E-state index is 12.9. The first-order valence-electron chi connectivity index (χ1n) is 6.93. The standard InChI is InChI=1S/C14H21F2N3O/c15-14(16,11-20)10-18-12-4-7-19(8-5-12)9-13-3-1-2-6-17-13/h1-3,6,12,18,20H,4-5,7-11H2. The summed E-state index contributed by atoms with van der Waals surface area (Å²) in [6, 6.07) is 5.95. The van der Waals surface area contributed by atoms with E-state index in [2.05, 4.69) is 15.2 Å². The average molecular weight is 285 g/mol. The van der Waals surface area contributed by atoms with E-state index in [0.29, 0.717) is 0 Å². The molecule has 2 rings (SSSR count). The lowest BCUT2D eigenvalue weighted by atomic mass is 10.0. The highest BCUT2D eigenvalue weighted by atomic mass is 19.3. The number of aliphatic hydroxyl groups is 1. The first-order valence-corrected chi connectivity index (χ1v) is 6.93. The van der Waals surface area contributed by atoms with Gasteiger partial charge in [-0.1, -0.05) is 6.07 Å². The van der Waals surface area contributed by atoms with Gasteiger partial charge in [0.25, 0.3) is 5.92 Å². The topological polar surface area (TPSA) is 48.4 Å². The third kappa shape index (κ3) is 4.77. The van der Waals surface area contributed by atoms with E-state index < -0.39 is 19.1 Å². The number of nitrogens with zero attached hydrogens (tertiary/aromatic N) is 2. The van der Waals surface area contributed by atoms with Gasteiger partial charge < -0.3 is 10.4 Å². The Kier molecular flexibility index (Phi) is 5.39. The van der Waals surface area contributed by atoms with E-state index in [0.717, 1.165) is 38.2 Å². The summed E-state index contributed by atoms with van der Waals surface area (Å²) in [5.74, 6) is -3.02. The molecule has 0 saturated carbocycles. The number of rotatable bonds is 6. The molecule has 1 fully saturated rings. The van der Waals surface area contributed by atoms with Crippen molar-refractivity contribution in [3.63, 3.8) is 0 Å². The Morgan fingerprint density at radius 2 is 2.10 bits per heavy atom. The number of likely N-dealkylation sites (tertiary alicyclic amines) is 1. The number of nitrogens with one attached hydrogen (secondary N) is 1. The van der Waals surface area contributed by atoms with Gasteiger partial charge in [0.1, 0.15) is 6.61 Å². The zero-order chi connectivity index (χ0) is 14.4. The number of pyridine rings is 1. The molecule has 0 amide bonds. The van der Waals surface area contributed by atoms with E-state index in [1.54, 1.807) is 6.20 Å². The summed E-state index contributed by atoms with van der Waals surface area (Å²) in [6.07, 6.45) is 3.46. The summed E-state index contributed by atoms with van der Waals surface area (Å²) < 4.78 is 25.9. The van der Waals surface area contributed by atoms with Crippen LogP contribution in [-0.4, -0.2) is 53.2 Å². The van der Waals surface area contributed by atoms with Crippen LogP contribution in [0.3, 0.4) is 0 Å². The van der Waals surface area contributed by atoms with Gasteiger partial charge in [-0.25, -0.2) is 8.78 Å². The van der Waals surface area contributed by atoms with Crippen molar-refractivity contribution in [3.05, 3.63) is 30.1 Å². The van der Waals surface area contributed by atoms with Crippen molar-refractivity contribution in [2.45, 2.75) is 31.4 Å². The lowest BCUT2D eigenvalue weighted by Crippen LogP contribution is -2.46. The minimum Gasteiger partial charge on any atom is -0.390 e. The van der Waals surface area contributed by atoms with Crippen LogP contribution in [-0.2, 0) is 6.54 Å². The van der Waals surface area contributed by atoms with Crippen molar-refractivity contribution < 1.29 is 13.9 Å². The Morgan fingerprint density at radius 3 is 2.70 bits per heavy atom. The normalized spacial score (nSPS) is 18.4. The maximum Gasteiger partial charge on any atom is 0.282 e. The lowest BCUT2D eigenvalue weighted by molar-refractivity contribution is -0.0504. The molecule has 2 N–H and O–H groups in total. The van der Waals surface area contributed by atoms with Crippen LogP contribution in [0.25, 0.3) is 0 Å². The first-order chi connectivity index (χ1) is 9.59. The van der Waals surface area contributed by atoms with Crippen molar-refractivity contribution >= 4 is 0 Å². The quantitative estimate of drug-likeness (QED) is 0.826. The van der Waals surface area contributed by atoms with Crippen LogP contribution in [0, 0.1) is 0 Å². The Bertz CT molecular complexity index is 395. The molecular weight excluding hydrogens is 264 g/mol. The minimum atomic E-state index is -3.02. The van der Waals surface area contributed by atoms with E-state index in [1.807, 2.05) is 18.2 Å². The molecule has 0 aromatic carbocycles. The second-order valence-corrected chi connectivity index (χ2v) is 5.27. The fraction of sp³-hybridized carbons (Fsp3) is 0.643. The Hall–Kier alpha value is -1.11. The molecule has 0 spiro atoms. The number of aromatic nitrogens is 1. The zero-order valence-corrected chi connectivity index (χ0v) is 11.4. The highest BCUT2D eigenvalue weighted by Crippen LogP contribution is 2.15. The highest BCUT2D eigenvalue weighted by molar-refractivity contribution is 5.03. The number of hydrogen-bond donors (Lipinski definition) is 2. The average Bonchev–Trinajstić information content (AvgIpc) is 2.48. The molecule has 2 heterocycles. The molecule has 1 aliphatic heterocycles. The molecule has 1 aromatic rings. The van der Waals surface area contributed by atoms with Crippen LogP contribution in [0.2, 0.25) is 0 Å². The predicted molar refractivity (Wildman–Crippen MR) is 72.6 cm³/mol. The molecule has 1 saturated heterocycles. The van der Waals surface area contributed by atoms with Gasteiger partial charge in [-0.2, -0.15) is 0 Å². The summed E-state index contributed by atoms with van der Waals surface area (Å²) in [7, 11) is 0. The molecule has 1 aliphatic rings. The molecule has 1 aromatic heterocycles. The molecule has 20 heavy (non-hydrogen) atoms. The smallest absolute Gasteiger partial charge is 0.282 e. The largest absolute Gasteiger partial charge is 0.390 e. The number of hydrogen-bond acceptors (Lipinski definition) is 4. The molecule has 112 valence electrons. The predicted octanol–water partition coefficient (Wildman–Crippen LogP) is 1.26. The van der Waals surface area contributed by atoms with Gasteiger partial charge in [-0.3, -0.25) is 9.88 Å². The molecule has 0 radical (unpaired) electrons. The van der Waals surface area contributed by atoms with Gasteiger partial charge >= 0.3 is 0 Å². The fourth-order valence-electron chi connectivity index (χ4n) is 2.37. The molecule has 0 aliphatic carbocycles. The van der Waals surface area contributed by atoms with Gasteiger partial charge in [0, 0.05) is 31.9 Å². The summed E-state index contributed by atoms with van der Waals surface area (Å²) >= 11 is 0. The monoisotopic (exact) mass is 285 g/mol. The van der Waals surface area contributed by atoms with E-state index in [1.165, 1.54) is 0 Å². The van der Waals surface area contributed by atoms with Gasteiger partial charge in [-0.15, -0.1) is 0 Å². The van der Waals surface area contributed by atoms with Gasteiger partial charge in [0.05, 0.1) is 12.2 Å². The van der Waals surface area contributed by atoms with E-state index in [-0.39, 0.29) is 6.04 Å². The Morgan fingerprint density at radius 1 is 1.35 bits per heavy atom. The van der Waals surface area contributed by atoms with Crippen LogP contribution in [0.1, 0.15) is 18.5 Å². The molecule has 4 nitrogen and oxygen atoms in total. The van der Waals surface area contributed by atoms with Crippen LogP contribution < -0.4 is 5.32 Å². The number of aliphatic hydroxyl groups excluding tert-OH is 1. The Labute approximate surface area is 117 Å². The van der Waals surface area contributed by atoms with E-state index >= 15 is 0 Å².